The summed E-state index contributed by atoms with van der Waals surface area (Å²) in [6.07, 6.45) is 3.05. The van der Waals surface area contributed by atoms with Crippen molar-refractivity contribution < 1.29 is 4.74 Å². The van der Waals surface area contributed by atoms with Crippen molar-refractivity contribution in [1.82, 2.24) is 10.4 Å². The van der Waals surface area contributed by atoms with Gasteiger partial charge in [0.1, 0.15) is 10.7 Å². The molecule has 0 aromatic heterocycles. The van der Waals surface area contributed by atoms with Crippen LogP contribution in [0.1, 0.15) is 30.9 Å². The van der Waals surface area contributed by atoms with E-state index in [1.807, 2.05) is 29.3 Å². The van der Waals surface area contributed by atoms with Crippen LogP contribution < -0.4 is 15.2 Å². The minimum absolute atomic E-state index is 0.0205. The second-order valence-corrected chi connectivity index (χ2v) is 8.37. The van der Waals surface area contributed by atoms with E-state index in [0.29, 0.717) is 21.5 Å². The minimum atomic E-state index is -0.0205. The number of halogens is 2. The average Bonchev–Trinajstić information content (AvgIpc) is 3.38. The predicted octanol–water partition coefficient (Wildman–Crippen LogP) is 5.24. The number of thiocarbonyl (C=S) groups is 1. The second-order valence-electron chi connectivity index (χ2n) is 7.12. The molecule has 5 nitrogen and oxygen atoms in total. The van der Waals surface area contributed by atoms with Crippen molar-refractivity contribution >= 4 is 51.8 Å². The molecule has 1 atom stereocenters. The van der Waals surface area contributed by atoms with Gasteiger partial charge in [-0.2, -0.15) is 5.10 Å². The highest BCUT2D eigenvalue weighted by atomic mass is 35.5. The van der Waals surface area contributed by atoms with Gasteiger partial charge in [-0.25, -0.2) is 5.01 Å². The molecule has 1 saturated heterocycles. The van der Waals surface area contributed by atoms with Crippen molar-refractivity contribution in [1.29, 1.82) is 0 Å². The van der Waals surface area contributed by atoms with Gasteiger partial charge < -0.3 is 10.2 Å². The first-order valence-electron chi connectivity index (χ1n) is 9.57. The molecule has 1 fully saturated rings. The van der Waals surface area contributed by atoms with Gasteiger partial charge in [0.25, 0.3) is 0 Å². The molecule has 4 rings (SSSR count). The number of nitrogens with zero attached hydrogens (tertiary/aromatic N) is 3. The van der Waals surface area contributed by atoms with Gasteiger partial charge in [0, 0.05) is 24.5 Å². The highest BCUT2D eigenvalue weighted by Gasteiger charge is 2.32. The summed E-state index contributed by atoms with van der Waals surface area (Å²) in [4.78, 5) is 0.665. The molecule has 0 radical (unpaired) electrons. The van der Waals surface area contributed by atoms with Crippen molar-refractivity contribution in [2.24, 2.45) is 5.10 Å². The molecule has 2 heterocycles. The SMILES string of the molecule is COc1ccc(C2CC(C(=S)NN3CCCC3)=NN2c2ccc(Cl)cc2Cl)cc1. The molecule has 0 saturated carbocycles. The number of nitrogens with one attached hydrogen (secondary N) is 1. The number of rotatable bonds is 5. The van der Waals surface area contributed by atoms with Crippen LogP contribution in [0.3, 0.4) is 0 Å². The van der Waals surface area contributed by atoms with Crippen LogP contribution in [-0.4, -0.2) is 35.9 Å². The Bertz CT molecular complexity index is 929. The molecule has 1 unspecified atom stereocenters. The molecule has 8 heteroatoms. The van der Waals surface area contributed by atoms with Crippen molar-refractivity contribution in [3.05, 3.63) is 58.1 Å². The lowest BCUT2D eigenvalue weighted by atomic mass is 10.0. The fourth-order valence-corrected chi connectivity index (χ4v) is 4.41. The lowest BCUT2D eigenvalue weighted by Gasteiger charge is -2.25. The number of hydrazine groups is 1. The normalized spacial score (nSPS) is 19.3. The summed E-state index contributed by atoms with van der Waals surface area (Å²) < 4.78 is 5.29. The summed E-state index contributed by atoms with van der Waals surface area (Å²) in [5, 5.41) is 10.1. The van der Waals surface area contributed by atoms with Crippen molar-refractivity contribution in [2.45, 2.75) is 25.3 Å². The van der Waals surface area contributed by atoms with Crippen LogP contribution in [0.4, 0.5) is 5.69 Å². The van der Waals surface area contributed by atoms with Crippen LogP contribution >= 0.6 is 35.4 Å². The Balaban J connectivity index is 1.64. The summed E-state index contributed by atoms with van der Waals surface area (Å²) in [6, 6.07) is 13.4. The average molecular weight is 449 g/mol. The Labute approximate surface area is 186 Å². The maximum Gasteiger partial charge on any atom is 0.137 e. The zero-order chi connectivity index (χ0) is 20.4. The molecule has 1 N–H and O–H groups in total. The van der Waals surface area contributed by atoms with E-state index in [1.54, 1.807) is 13.2 Å². The van der Waals surface area contributed by atoms with E-state index in [-0.39, 0.29) is 6.04 Å². The zero-order valence-electron chi connectivity index (χ0n) is 16.1. The highest BCUT2D eigenvalue weighted by Crippen LogP contribution is 2.40. The Morgan fingerprint density at radius 3 is 2.52 bits per heavy atom. The van der Waals surface area contributed by atoms with Crippen LogP contribution in [-0.2, 0) is 0 Å². The molecule has 29 heavy (non-hydrogen) atoms. The summed E-state index contributed by atoms with van der Waals surface area (Å²) >= 11 is 18.3. The lowest BCUT2D eigenvalue weighted by Crippen LogP contribution is -2.42. The van der Waals surface area contributed by atoms with Gasteiger partial charge in [-0.3, -0.25) is 5.01 Å². The smallest absolute Gasteiger partial charge is 0.137 e. The monoisotopic (exact) mass is 448 g/mol. The van der Waals surface area contributed by atoms with E-state index in [9.17, 15) is 0 Å². The number of anilines is 1. The van der Waals surface area contributed by atoms with Crippen molar-refractivity contribution in [2.75, 3.05) is 25.2 Å². The van der Waals surface area contributed by atoms with Crippen LogP contribution in [0.2, 0.25) is 10.0 Å². The van der Waals surface area contributed by atoms with Crippen LogP contribution in [0.25, 0.3) is 0 Å². The van der Waals surface area contributed by atoms with Gasteiger partial charge in [-0.05, 0) is 48.7 Å². The van der Waals surface area contributed by atoms with E-state index < -0.39 is 0 Å². The molecule has 0 spiro atoms. The first-order valence-corrected chi connectivity index (χ1v) is 10.7. The summed E-state index contributed by atoms with van der Waals surface area (Å²) in [7, 11) is 1.66. The molecule has 2 aliphatic heterocycles. The first kappa shape index (κ1) is 20.4. The van der Waals surface area contributed by atoms with Gasteiger partial charge in [-0.1, -0.05) is 47.6 Å². The topological polar surface area (TPSA) is 40.1 Å². The second kappa shape index (κ2) is 8.88. The standard InChI is InChI=1S/C21H22Cl2N4OS/c1-28-16-7-4-14(5-8-16)20-13-18(21(29)25-26-10-2-3-11-26)24-27(20)19-9-6-15(22)12-17(19)23/h4-9,12,20H,2-3,10-11,13H2,1H3,(H,25,29). The fraction of sp³-hybridized carbons (Fsp3) is 0.333. The first-order chi connectivity index (χ1) is 14.0. The molecule has 152 valence electrons. The largest absolute Gasteiger partial charge is 0.497 e. The van der Waals surface area contributed by atoms with E-state index in [2.05, 4.69) is 22.6 Å². The van der Waals surface area contributed by atoms with Gasteiger partial charge in [0.2, 0.25) is 0 Å². The molecule has 2 aromatic rings. The molecule has 2 aromatic carbocycles. The van der Waals surface area contributed by atoms with Crippen LogP contribution in [0.5, 0.6) is 5.75 Å². The maximum atomic E-state index is 6.50. The summed E-state index contributed by atoms with van der Waals surface area (Å²) in [5.74, 6) is 0.815. The van der Waals surface area contributed by atoms with Gasteiger partial charge in [-0.15, -0.1) is 0 Å². The Morgan fingerprint density at radius 1 is 1.14 bits per heavy atom. The van der Waals surface area contributed by atoms with E-state index >= 15 is 0 Å². The van der Waals surface area contributed by atoms with Gasteiger partial charge >= 0.3 is 0 Å². The molecular weight excluding hydrogens is 427 g/mol. The third-order valence-corrected chi connectivity index (χ3v) is 6.06. The number of benzene rings is 2. The molecule has 0 amide bonds. The fourth-order valence-electron chi connectivity index (χ4n) is 3.66. The number of methoxy groups -OCH3 is 1. The zero-order valence-corrected chi connectivity index (χ0v) is 18.4. The van der Waals surface area contributed by atoms with Crippen LogP contribution in [0.15, 0.2) is 47.6 Å². The van der Waals surface area contributed by atoms with Gasteiger partial charge in [0.15, 0.2) is 0 Å². The Morgan fingerprint density at radius 2 is 1.86 bits per heavy atom. The number of ether oxygens (including phenoxy) is 1. The number of hydrogen-bond donors (Lipinski definition) is 1. The summed E-state index contributed by atoms with van der Waals surface area (Å²) in [5.41, 5.74) is 6.10. The lowest BCUT2D eigenvalue weighted by molar-refractivity contribution is 0.299. The van der Waals surface area contributed by atoms with Crippen molar-refractivity contribution in [3.8, 4) is 5.75 Å². The van der Waals surface area contributed by atoms with Gasteiger partial charge in [0.05, 0.1) is 29.6 Å². The number of hydrogen-bond acceptors (Lipinski definition) is 5. The third kappa shape index (κ3) is 4.51. The molecule has 2 aliphatic rings. The molecule has 0 bridgehead atoms. The highest BCUT2D eigenvalue weighted by molar-refractivity contribution is 7.82. The van der Waals surface area contributed by atoms with E-state index in [0.717, 1.165) is 35.8 Å². The van der Waals surface area contributed by atoms with Crippen molar-refractivity contribution in [3.63, 3.8) is 0 Å². The minimum Gasteiger partial charge on any atom is -0.497 e. The van der Waals surface area contributed by atoms with E-state index in [4.69, 9.17) is 45.3 Å². The quantitative estimate of drug-likeness (QED) is 0.633. The molecule has 0 aliphatic carbocycles. The Hall–Kier alpha value is -1.86. The number of hydrazone groups is 1. The molecular formula is C21H22Cl2N4OS. The van der Waals surface area contributed by atoms with E-state index in [1.165, 1.54) is 12.8 Å². The maximum absolute atomic E-state index is 6.50. The predicted molar refractivity (Wildman–Crippen MR) is 123 cm³/mol. The Kier molecular flexibility index (Phi) is 6.25. The summed E-state index contributed by atoms with van der Waals surface area (Å²) in [6.45, 7) is 2.00. The van der Waals surface area contributed by atoms with Crippen LogP contribution in [0, 0.1) is 0 Å². The third-order valence-electron chi connectivity index (χ3n) is 5.20.